The smallest absolute Gasteiger partial charge is 0.269 e. The van der Waals surface area contributed by atoms with Gasteiger partial charge in [-0.15, -0.1) is 10.2 Å². The quantitative estimate of drug-likeness (QED) is 0.892. The van der Waals surface area contributed by atoms with Gasteiger partial charge in [-0.25, -0.2) is 0 Å². The Morgan fingerprint density at radius 3 is 3.04 bits per heavy atom. The molecule has 1 aliphatic heterocycles. The number of aromatic nitrogens is 4. The second kappa shape index (κ2) is 6.76. The van der Waals surface area contributed by atoms with Gasteiger partial charge >= 0.3 is 0 Å². The van der Waals surface area contributed by atoms with Gasteiger partial charge in [0.05, 0.1) is 0 Å². The molecule has 0 radical (unpaired) electrons. The van der Waals surface area contributed by atoms with E-state index in [4.69, 9.17) is 0 Å². The minimum absolute atomic E-state index is 0.160. The predicted molar refractivity (Wildman–Crippen MR) is 87.6 cm³/mol. The molecule has 7 heteroatoms. The average molecular weight is 314 g/mol. The van der Waals surface area contributed by atoms with Gasteiger partial charge in [0.1, 0.15) is 17.3 Å². The third kappa shape index (κ3) is 3.49. The summed E-state index contributed by atoms with van der Waals surface area (Å²) in [6, 6.07) is 3.66. The number of nitrogens with zero attached hydrogens (tertiary/aromatic N) is 5. The van der Waals surface area contributed by atoms with Gasteiger partial charge in [0.2, 0.25) is 0 Å². The Kier molecular flexibility index (Phi) is 4.55. The van der Waals surface area contributed by atoms with Crippen LogP contribution in [-0.2, 0) is 19.4 Å². The van der Waals surface area contributed by atoms with Crippen molar-refractivity contribution in [1.29, 1.82) is 0 Å². The number of amides is 1. The normalized spacial score (nSPS) is 13.5. The molecule has 1 N–H and O–H groups in total. The van der Waals surface area contributed by atoms with Gasteiger partial charge in [0.15, 0.2) is 0 Å². The molecule has 0 atom stereocenters. The Labute approximate surface area is 135 Å². The zero-order valence-electron chi connectivity index (χ0n) is 13.6. The van der Waals surface area contributed by atoms with Gasteiger partial charge in [0.25, 0.3) is 5.91 Å². The fourth-order valence-electron chi connectivity index (χ4n) is 2.75. The maximum absolute atomic E-state index is 12.2. The van der Waals surface area contributed by atoms with Crippen LogP contribution in [0.3, 0.4) is 0 Å². The van der Waals surface area contributed by atoms with Gasteiger partial charge < -0.3 is 14.8 Å². The third-order valence-corrected chi connectivity index (χ3v) is 4.06. The van der Waals surface area contributed by atoms with E-state index in [9.17, 15) is 4.79 Å². The average Bonchev–Trinajstić information content (AvgIpc) is 2.98. The molecule has 3 rings (SSSR count). The predicted octanol–water partition coefficient (Wildman–Crippen LogP) is 1.05. The summed E-state index contributed by atoms with van der Waals surface area (Å²) >= 11 is 0. The van der Waals surface area contributed by atoms with Crippen molar-refractivity contribution in [3.05, 3.63) is 35.7 Å². The highest BCUT2D eigenvalue weighted by molar-refractivity contribution is 5.93. The monoisotopic (exact) mass is 314 g/mol. The first-order chi connectivity index (χ1) is 11.1. The molecule has 0 unspecified atom stereocenters. The summed E-state index contributed by atoms with van der Waals surface area (Å²) < 4.78 is 2.18. The van der Waals surface area contributed by atoms with E-state index in [1.165, 1.54) is 12.8 Å². The molecule has 0 fully saturated rings. The van der Waals surface area contributed by atoms with E-state index in [2.05, 4.69) is 25.1 Å². The number of hydrogen-bond donors (Lipinski definition) is 1. The maximum atomic E-state index is 12.2. The van der Waals surface area contributed by atoms with Crippen molar-refractivity contribution in [2.24, 2.45) is 0 Å². The highest BCUT2D eigenvalue weighted by atomic mass is 16.1. The van der Waals surface area contributed by atoms with E-state index in [1.54, 1.807) is 12.3 Å². The van der Waals surface area contributed by atoms with Crippen LogP contribution in [0.4, 0.5) is 5.69 Å². The molecule has 0 aromatic carbocycles. The minimum atomic E-state index is -0.160. The molecule has 1 amide bonds. The zero-order valence-corrected chi connectivity index (χ0v) is 13.6. The van der Waals surface area contributed by atoms with Crippen molar-refractivity contribution in [2.45, 2.75) is 32.2 Å². The van der Waals surface area contributed by atoms with Crippen LogP contribution in [0.15, 0.2) is 18.3 Å². The Bertz CT molecular complexity index is 694. The SMILES string of the molecule is CN(C)c1ccnc(C(=O)NCCc2nnc3n2CCCC3)c1. The standard InChI is InChI=1S/C16H22N6O/c1-21(2)12-6-8-17-13(11-12)16(23)18-9-7-15-20-19-14-5-3-4-10-22(14)15/h6,8,11H,3-5,7,9-10H2,1-2H3,(H,18,23). The number of hydrogen-bond acceptors (Lipinski definition) is 5. The number of anilines is 1. The zero-order chi connectivity index (χ0) is 16.2. The molecule has 1 aliphatic rings. The molecule has 7 nitrogen and oxygen atoms in total. The van der Waals surface area contributed by atoms with Crippen molar-refractivity contribution < 1.29 is 4.79 Å². The van der Waals surface area contributed by atoms with Crippen LogP contribution < -0.4 is 10.2 Å². The van der Waals surface area contributed by atoms with E-state index >= 15 is 0 Å². The second-order valence-corrected chi connectivity index (χ2v) is 5.94. The maximum Gasteiger partial charge on any atom is 0.269 e. The van der Waals surface area contributed by atoms with E-state index in [0.717, 1.165) is 30.3 Å². The topological polar surface area (TPSA) is 75.9 Å². The summed E-state index contributed by atoms with van der Waals surface area (Å²) in [5.74, 6) is 1.86. The molecule has 2 aromatic rings. The van der Waals surface area contributed by atoms with Crippen LogP contribution in [0, 0.1) is 0 Å². The van der Waals surface area contributed by atoms with Crippen molar-refractivity contribution in [3.63, 3.8) is 0 Å². The van der Waals surface area contributed by atoms with E-state index in [1.807, 2.05) is 25.1 Å². The Hall–Kier alpha value is -2.44. The van der Waals surface area contributed by atoms with Crippen LogP contribution in [0.1, 0.15) is 35.0 Å². The first-order valence-electron chi connectivity index (χ1n) is 7.97. The van der Waals surface area contributed by atoms with Crippen LogP contribution in [0.25, 0.3) is 0 Å². The van der Waals surface area contributed by atoms with Crippen LogP contribution >= 0.6 is 0 Å². The molecule has 3 heterocycles. The molecule has 2 aromatic heterocycles. The summed E-state index contributed by atoms with van der Waals surface area (Å²) in [5.41, 5.74) is 1.39. The molecule has 0 saturated carbocycles. The van der Waals surface area contributed by atoms with Gasteiger partial charge in [-0.05, 0) is 25.0 Å². The van der Waals surface area contributed by atoms with Gasteiger partial charge in [-0.1, -0.05) is 0 Å². The fraction of sp³-hybridized carbons (Fsp3) is 0.500. The van der Waals surface area contributed by atoms with Crippen molar-refractivity contribution >= 4 is 11.6 Å². The molecule has 0 bridgehead atoms. The molecule has 0 spiro atoms. The number of carbonyl (C=O) groups excluding carboxylic acids is 1. The van der Waals surface area contributed by atoms with Crippen LogP contribution in [0.2, 0.25) is 0 Å². The Balaban J connectivity index is 1.57. The van der Waals surface area contributed by atoms with E-state index < -0.39 is 0 Å². The summed E-state index contributed by atoms with van der Waals surface area (Å²) in [6.45, 7) is 1.52. The lowest BCUT2D eigenvalue weighted by molar-refractivity contribution is 0.0949. The molecule has 0 aliphatic carbocycles. The number of fused-ring (bicyclic) bond motifs is 1. The summed E-state index contributed by atoms with van der Waals surface area (Å²) in [7, 11) is 3.87. The van der Waals surface area contributed by atoms with Crippen LogP contribution in [0.5, 0.6) is 0 Å². The largest absolute Gasteiger partial charge is 0.378 e. The molecular weight excluding hydrogens is 292 g/mol. The lowest BCUT2D eigenvalue weighted by atomic mass is 10.1. The second-order valence-electron chi connectivity index (χ2n) is 5.94. The summed E-state index contributed by atoms with van der Waals surface area (Å²) in [4.78, 5) is 18.3. The number of rotatable bonds is 5. The third-order valence-electron chi connectivity index (χ3n) is 4.06. The van der Waals surface area contributed by atoms with E-state index in [0.29, 0.717) is 18.7 Å². The molecular formula is C16H22N6O. The summed E-state index contributed by atoms with van der Waals surface area (Å²) in [6.07, 6.45) is 5.69. The Morgan fingerprint density at radius 1 is 1.35 bits per heavy atom. The van der Waals surface area contributed by atoms with Gasteiger partial charge in [-0.3, -0.25) is 9.78 Å². The minimum Gasteiger partial charge on any atom is -0.378 e. The summed E-state index contributed by atoms with van der Waals surface area (Å²) in [5, 5.41) is 11.4. The highest BCUT2D eigenvalue weighted by Crippen LogP contribution is 2.14. The number of nitrogens with one attached hydrogen (secondary N) is 1. The fourth-order valence-corrected chi connectivity index (χ4v) is 2.75. The first-order valence-corrected chi connectivity index (χ1v) is 7.97. The highest BCUT2D eigenvalue weighted by Gasteiger charge is 2.16. The molecule has 0 saturated heterocycles. The van der Waals surface area contributed by atoms with Gasteiger partial charge in [-0.2, -0.15) is 0 Å². The lowest BCUT2D eigenvalue weighted by Crippen LogP contribution is -2.27. The van der Waals surface area contributed by atoms with Crippen molar-refractivity contribution in [1.82, 2.24) is 25.1 Å². The Morgan fingerprint density at radius 2 is 2.22 bits per heavy atom. The first kappa shape index (κ1) is 15.5. The van der Waals surface area contributed by atoms with Crippen LogP contribution in [-0.4, -0.2) is 46.3 Å². The number of aryl methyl sites for hydroxylation is 1. The van der Waals surface area contributed by atoms with Crippen molar-refractivity contribution in [2.75, 3.05) is 25.5 Å². The van der Waals surface area contributed by atoms with Crippen molar-refractivity contribution in [3.8, 4) is 0 Å². The molecule has 23 heavy (non-hydrogen) atoms. The lowest BCUT2D eigenvalue weighted by Gasteiger charge is -2.15. The number of pyridine rings is 1. The molecule has 122 valence electrons. The van der Waals surface area contributed by atoms with E-state index in [-0.39, 0.29) is 5.91 Å². The van der Waals surface area contributed by atoms with Gasteiger partial charge in [0, 0.05) is 51.9 Å². The number of carbonyl (C=O) groups is 1.